The Labute approximate surface area is 345 Å². The maximum atomic E-state index is 10.6. The highest BCUT2D eigenvalue weighted by Gasteiger charge is 2.39. The summed E-state index contributed by atoms with van der Waals surface area (Å²) in [5, 5.41) is 15.3. The van der Waals surface area contributed by atoms with Crippen molar-refractivity contribution >= 4 is 68.2 Å². The number of hydrogen-bond donors (Lipinski definition) is 0. The van der Waals surface area contributed by atoms with Gasteiger partial charge in [0.1, 0.15) is 0 Å². The molecule has 0 amide bonds. The molecule has 0 aromatic heterocycles. The van der Waals surface area contributed by atoms with Crippen molar-refractivity contribution in [1.29, 1.82) is 5.26 Å². The predicted molar refractivity (Wildman–Crippen MR) is 246 cm³/mol. The fourth-order valence-corrected chi connectivity index (χ4v) is 11.4. The molecule has 0 fully saturated rings. The van der Waals surface area contributed by atoms with Gasteiger partial charge in [-0.1, -0.05) is 179 Å². The van der Waals surface area contributed by atoms with E-state index < -0.39 is 0 Å². The highest BCUT2D eigenvalue weighted by atomic mass is 32.2. The first kappa shape index (κ1) is 35.9. The Bertz CT molecular complexity index is 2850. The first-order valence-electron chi connectivity index (χ1n) is 19.8. The predicted octanol–water partition coefficient (Wildman–Crippen LogP) is 12.9. The lowest BCUT2D eigenvalue weighted by Gasteiger charge is -2.35. The van der Waals surface area contributed by atoms with Crippen LogP contribution in [0.25, 0.3) is 54.9 Å². The van der Waals surface area contributed by atoms with Crippen molar-refractivity contribution in [3.05, 3.63) is 162 Å². The third-order valence-corrected chi connectivity index (χ3v) is 14.2. The fourth-order valence-electron chi connectivity index (χ4n) is 8.96. The second-order valence-electron chi connectivity index (χ2n) is 17.6. The molecular weight excluding hydrogens is 726 g/mol. The van der Waals surface area contributed by atoms with E-state index in [0.29, 0.717) is 5.56 Å². The summed E-state index contributed by atoms with van der Waals surface area (Å²) < 4.78 is 0. The minimum atomic E-state index is 0.0498. The zero-order chi connectivity index (χ0) is 39.2. The minimum absolute atomic E-state index is 0.0498. The molecule has 2 aliphatic rings. The zero-order valence-corrected chi connectivity index (χ0v) is 34.8. The third-order valence-electron chi connectivity index (χ3n) is 11.9. The monoisotopic (exact) mass is 767 g/mol. The maximum Gasteiger partial charge on any atom is 0.247 e. The molecule has 0 saturated carbocycles. The van der Waals surface area contributed by atoms with Crippen molar-refractivity contribution in [3.63, 3.8) is 0 Å². The number of hydrogen-bond acceptors (Lipinski definition) is 3. The number of nitriles is 1. The fraction of sp³-hybridized carbons (Fsp3) is 0.151. The molecule has 0 saturated heterocycles. The van der Waals surface area contributed by atoms with E-state index in [4.69, 9.17) is 0 Å². The smallest absolute Gasteiger partial charge is 0.192 e. The Morgan fingerprint density at radius 2 is 0.877 bits per heavy atom. The van der Waals surface area contributed by atoms with Gasteiger partial charge in [0.2, 0.25) is 6.71 Å². The molecule has 0 radical (unpaired) electrons. The second-order valence-corrected chi connectivity index (χ2v) is 19.8. The topological polar surface area (TPSA) is 23.8 Å². The molecule has 274 valence electrons. The summed E-state index contributed by atoms with van der Waals surface area (Å²) in [6, 6.07) is 56.3. The SMILES string of the molecule is CC(C)(C)c1ccc2c(c1)B1c3cc(C(C)(C)C)ccc3Sc3cc(-c4cc(C#N)cc(-c5c6ccccc6c(-c6ccccc6)c6ccccc56)c4)cc(c31)S2. The van der Waals surface area contributed by atoms with E-state index >= 15 is 0 Å². The molecule has 0 bridgehead atoms. The molecule has 0 atom stereocenters. The second kappa shape index (κ2) is 13.3. The van der Waals surface area contributed by atoms with Gasteiger partial charge >= 0.3 is 0 Å². The van der Waals surface area contributed by atoms with Crippen molar-refractivity contribution < 1.29 is 0 Å². The normalized spacial score (nSPS) is 13.2. The van der Waals surface area contributed by atoms with Crippen molar-refractivity contribution in [1.82, 2.24) is 0 Å². The zero-order valence-electron chi connectivity index (χ0n) is 33.2. The summed E-state index contributed by atoms with van der Waals surface area (Å²) in [7, 11) is 0. The lowest BCUT2D eigenvalue weighted by molar-refractivity contribution is 0.590. The standard InChI is InChI=1S/C53H42BNS2/c1-52(2,3)37-20-22-45-43(29-37)54-44-30-38(53(4,5)6)21-23-46(44)57-48-28-35(27-47(56-45)51(48)54)34-24-32(31-55)25-36(26-34)50-41-18-12-10-16-39(41)49(33-14-8-7-9-15-33)40-17-11-13-19-42(40)50/h7-30H,1-6H3. The average Bonchev–Trinajstić information content (AvgIpc) is 3.21. The highest BCUT2D eigenvalue weighted by molar-refractivity contribution is 8.01. The van der Waals surface area contributed by atoms with Gasteiger partial charge in [0.05, 0.1) is 11.6 Å². The van der Waals surface area contributed by atoms with E-state index in [2.05, 4.69) is 193 Å². The van der Waals surface area contributed by atoms with Gasteiger partial charge in [0, 0.05) is 19.6 Å². The number of nitrogens with zero attached hydrogens (tertiary/aromatic N) is 1. The van der Waals surface area contributed by atoms with Crippen LogP contribution < -0.4 is 16.4 Å². The summed E-state index contributed by atoms with van der Waals surface area (Å²) in [4.78, 5) is 5.25. The Morgan fingerprint density at radius 1 is 0.439 bits per heavy atom. The number of rotatable bonds is 3. The van der Waals surface area contributed by atoms with Crippen LogP contribution in [0, 0.1) is 11.3 Å². The average molecular weight is 768 g/mol. The van der Waals surface area contributed by atoms with Crippen molar-refractivity contribution in [2.24, 2.45) is 0 Å². The van der Waals surface area contributed by atoms with E-state index in [1.54, 1.807) is 0 Å². The third kappa shape index (κ3) is 6.03. The molecule has 8 aromatic rings. The van der Waals surface area contributed by atoms with Gasteiger partial charge in [-0.3, -0.25) is 0 Å². The van der Waals surface area contributed by atoms with Crippen LogP contribution in [0.1, 0.15) is 58.2 Å². The van der Waals surface area contributed by atoms with Gasteiger partial charge in [0.25, 0.3) is 0 Å². The van der Waals surface area contributed by atoms with Crippen LogP contribution in [0.4, 0.5) is 0 Å². The van der Waals surface area contributed by atoms with Gasteiger partial charge in [0.15, 0.2) is 0 Å². The lowest BCUT2D eigenvalue weighted by atomic mass is 9.36. The Hall–Kier alpha value is -5.47. The molecule has 0 aliphatic carbocycles. The summed E-state index contributed by atoms with van der Waals surface area (Å²) in [6.45, 7) is 14.0. The van der Waals surface area contributed by atoms with Gasteiger partial charge in [-0.05, 0) is 125 Å². The Balaban J connectivity index is 1.19. The van der Waals surface area contributed by atoms with Crippen LogP contribution in [0.5, 0.6) is 0 Å². The van der Waals surface area contributed by atoms with Crippen LogP contribution in [-0.4, -0.2) is 6.71 Å². The molecular formula is C53H42BNS2. The van der Waals surface area contributed by atoms with Crippen LogP contribution in [0.15, 0.2) is 165 Å². The van der Waals surface area contributed by atoms with Crippen LogP contribution >= 0.6 is 23.5 Å². The molecule has 4 heteroatoms. The largest absolute Gasteiger partial charge is 0.247 e. The van der Waals surface area contributed by atoms with Crippen molar-refractivity contribution in [2.75, 3.05) is 0 Å². The first-order chi connectivity index (χ1) is 27.5. The molecule has 0 spiro atoms. The first-order valence-corrected chi connectivity index (χ1v) is 21.5. The van der Waals surface area contributed by atoms with Crippen LogP contribution in [0.2, 0.25) is 0 Å². The van der Waals surface area contributed by atoms with E-state index in [0.717, 1.165) is 22.3 Å². The summed E-state index contributed by atoms with van der Waals surface area (Å²) in [5.74, 6) is 0. The number of benzene rings is 8. The van der Waals surface area contributed by atoms with Gasteiger partial charge < -0.3 is 0 Å². The van der Waals surface area contributed by atoms with Crippen LogP contribution in [0.3, 0.4) is 0 Å². The van der Waals surface area contributed by atoms with Crippen molar-refractivity contribution in [3.8, 4) is 39.4 Å². The molecule has 1 nitrogen and oxygen atoms in total. The summed E-state index contributed by atoms with van der Waals surface area (Å²) >= 11 is 3.80. The minimum Gasteiger partial charge on any atom is -0.192 e. The highest BCUT2D eigenvalue weighted by Crippen LogP contribution is 2.46. The molecule has 8 aromatic carbocycles. The van der Waals surface area contributed by atoms with E-state index in [1.165, 1.54) is 79.8 Å². The van der Waals surface area contributed by atoms with Gasteiger partial charge in [-0.15, -0.1) is 0 Å². The maximum absolute atomic E-state index is 10.6. The van der Waals surface area contributed by atoms with Gasteiger partial charge in [-0.25, -0.2) is 0 Å². The molecule has 0 unspecified atom stereocenters. The molecule has 0 N–H and O–H groups in total. The van der Waals surface area contributed by atoms with Crippen molar-refractivity contribution in [2.45, 2.75) is 72.0 Å². The lowest BCUT2D eigenvalue weighted by Crippen LogP contribution is -2.58. The quantitative estimate of drug-likeness (QED) is 0.132. The Kier molecular flexibility index (Phi) is 8.38. The molecule has 2 heterocycles. The summed E-state index contributed by atoms with van der Waals surface area (Å²) in [5.41, 5.74) is 14.6. The van der Waals surface area contributed by atoms with Crippen LogP contribution in [-0.2, 0) is 10.8 Å². The van der Waals surface area contributed by atoms with E-state index in [1.807, 2.05) is 23.5 Å². The van der Waals surface area contributed by atoms with Gasteiger partial charge in [-0.2, -0.15) is 5.26 Å². The molecule has 10 rings (SSSR count). The molecule has 2 aliphatic heterocycles. The van der Waals surface area contributed by atoms with E-state index in [9.17, 15) is 5.26 Å². The number of fused-ring (bicyclic) bond motifs is 6. The Morgan fingerprint density at radius 3 is 1.35 bits per heavy atom. The van der Waals surface area contributed by atoms with E-state index in [-0.39, 0.29) is 17.5 Å². The summed E-state index contributed by atoms with van der Waals surface area (Å²) in [6.07, 6.45) is 0. The molecule has 57 heavy (non-hydrogen) atoms.